The standard InChI is InChI=1S/C16H25N7O/c17-7-14(10-18-3-4-24)22-16-20-2-1-15(23-16)21-13-5-11-8-19-9-12(11)6-13/h1-2,7,10-13,17-19,24H,3-6,8-9H2,(H2,20,21,22,23)/b14-10+,17-7?/t11-,12+,13-. The minimum absolute atomic E-state index is 0.0383. The molecule has 1 aromatic rings. The van der Waals surface area contributed by atoms with Gasteiger partial charge < -0.3 is 31.8 Å². The van der Waals surface area contributed by atoms with Gasteiger partial charge in [-0.2, -0.15) is 4.98 Å². The first-order chi connectivity index (χ1) is 11.8. The fourth-order valence-corrected chi connectivity index (χ4v) is 3.48. The predicted molar refractivity (Wildman–Crippen MR) is 94.1 cm³/mol. The van der Waals surface area contributed by atoms with Gasteiger partial charge in [0.05, 0.1) is 12.3 Å². The Morgan fingerprint density at radius 2 is 2.17 bits per heavy atom. The minimum Gasteiger partial charge on any atom is -0.395 e. The van der Waals surface area contributed by atoms with Crippen LogP contribution in [0.5, 0.6) is 0 Å². The van der Waals surface area contributed by atoms with Gasteiger partial charge in [0.15, 0.2) is 0 Å². The van der Waals surface area contributed by atoms with Crippen LogP contribution in [0, 0.1) is 17.2 Å². The third kappa shape index (κ3) is 4.21. The molecular formula is C16H25N7O. The van der Waals surface area contributed by atoms with Crippen molar-refractivity contribution in [2.24, 2.45) is 11.8 Å². The number of aliphatic hydroxyl groups excluding tert-OH is 1. The number of hydrogen-bond donors (Lipinski definition) is 6. The second kappa shape index (κ2) is 8.07. The molecule has 2 fully saturated rings. The number of allylic oxidation sites excluding steroid dienone is 1. The number of nitrogens with zero attached hydrogens (tertiary/aromatic N) is 2. The van der Waals surface area contributed by atoms with Crippen LogP contribution >= 0.6 is 0 Å². The van der Waals surface area contributed by atoms with Crippen molar-refractivity contribution in [1.82, 2.24) is 20.6 Å². The highest BCUT2D eigenvalue weighted by molar-refractivity contribution is 5.79. The monoisotopic (exact) mass is 331 g/mol. The summed E-state index contributed by atoms with van der Waals surface area (Å²) in [7, 11) is 0. The average molecular weight is 331 g/mol. The van der Waals surface area contributed by atoms with Gasteiger partial charge in [0.2, 0.25) is 5.95 Å². The molecule has 24 heavy (non-hydrogen) atoms. The Bertz CT molecular complexity index is 580. The van der Waals surface area contributed by atoms with E-state index in [-0.39, 0.29) is 6.61 Å². The zero-order valence-corrected chi connectivity index (χ0v) is 13.6. The fraction of sp³-hybridized carbons (Fsp3) is 0.562. The molecule has 1 aromatic heterocycles. The molecule has 1 saturated carbocycles. The lowest BCUT2D eigenvalue weighted by molar-refractivity contribution is 0.298. The van der Waals surface area contributed by atoms with E-state index in [0.717, 1.165) is 30.7 Å². The second-order valence-electron chi connectivity index (χ2n) is 6.30. The van der Waals surface area contributed by atoms with E-state index in [1.165, 1.54) is 19.1 Å². The highest BCUT2D eigenvalue weighted by Crippen LogP contribution is 2.35. The van der Waals surface area contributed by atoms with Crippen LogP contribution in [0.4, 0.5) is 11.8 Å². The maximum Gasteiger partial charge on any atom is 0.229 e. The first-order valence-electron chi connectivity index (χ1n) is 8.40. The van der Waals surface area contributed by atoms with Gasteiger partial charge in [-0.3, -0.25) is 0 Å². The Balaban J connectivity index is 1.57. The predicted octanol–water partition coefficient (Wildman–Crippen LogP) is 0.371. The van der Waals surface area contributed by atoms with Crippen molar-refractivity contribution in [1.29, 1.82) is 5.41 Å². The van der Waals surface area contributed by atoms with Crippen molar-refractivity contribution >= 4 is 18.0 Å². The molecule has 8 nitrogen and oxygen atoms in total. The molecular weight excluding hydrogens is 306 g/mol. The summed E-state index contributed by atoms with van der Waals surface area (Å²) in [6, 6.07) is 2.34. The van der Waals surface area contributed by atoms with Gasteiger partial charge >= 0.3 is 0 Å². The van der Waals surface area contributed by atoms with E-state index < -0.39 is 0 Å². The van der Waals surface area contributed by atoms with E-state index in [2.05, 4.69) is 31.2 Å². The number of hydrogen-bond acceptors (Lipinski definition) is 8. The van der Waals surface area contributed by atoms with Crippen LogP contribution in [0.2, 0.25) is 0 Å². The largest absolute Gasteiger partial charge is 0.395 e. The van der Waals surface area contributed by atoms with E-state index in [9.17, 15) is 0 Å². The van der Waals surface area contributed by atoms with Crippen molar-refractivity contribution < 1.29 is 5.11 Å². The van der Waals surface area contributed by atoms with Crippen molar-refractivity contribution in [2.45, 2.75) is 18.9 Å². The number of rotatable bonds is 8. The fourth-order valence-electron chi connectivity index (χ4n) is 3.48. The smallest absolute Gasteiger partial charge is 0.229 e. The Morgan fingerprint density at radius 1 is 1.38 bits per heavy atom. The van der Waals surface area contributed by atoms with Gasteiger partial charge in [0.1, 0.15) is 5.82 Å². The Kier molecular flexibility index (Phi) is 5.60. The highest BCUT2D eigenvalue weighted by Gasteiger charge is 2.37. The number of fused-ring (bicyclic) bond motifs is 1. The summed E-state index contributed by atoms with van der Waals surface area (Å²) in [5.74, 6) is 2.82. The molecule has 1 aliphatic carbocycles. The molecule has 130 valence electrons. The van der Waals surface area contributed by atoms with E-state index >= 15 is 0 Å². The third-order valence-electron chi connectivity index (χ3n) is 4.59. The molecule has 0 radical (unpaired) electrons. The van der Waals surface area contributed by atoms with Crippen LogP contribution in [0.15, 0.2) is 24.2 Å². The second-order valence-corrected chi connectivity index (χ2v) is 6.30. The van der Waals surface area contributed by atoms with Gasteiger partial charge in [-0.1, -0.05) is 0 Å². The van der Waals surface area contributed by atoms with E-state index in [1.807, 2.05) is 6.07 Å². The van der Waals surface area contributed by atoms with Gasteiger partial charge in [-0.15, -0.1) is 0 Å². The molecule has 0 aromatic carbocycles. The van der Waals surface area contributed by atoms with Crippen LogP contribution in [0.25, 0.3) is 0 Å². The van der Waals surface area contributed by atoms with Crippen molar-refractivity contribution in [3.05, 3.63) is 24.2 Å². The summed E-state index contributed by atoms with van der Waals surface area (Å²) in [6.45, 7) is 2.73. The van der Waals surface area contributed by atoms with Crippen LogP contribution < -0.4 is 21.3 Å². The number of aliphatic hydroxyl groups is 1. The molecule has 3 rings (SSSR count). The summed E-state index contributed by atoms with van der Waals surface area (Å²) >= 11 is 0. The molecule has 1 saturated heterocycles. The van der Waals surface area contributed by atoms with Crippen molar-refractivity contribution in [3.8, 4) is 0 Å². The molecule has 0 bridgehead atoms. The first-order valence-corrected chi connectivity index (χ1v) is 8.40. The van der Waals surface area contributed by atoms with Crippen LogP contribution in [-0.4, -0.2) is 53.6 Å². The molecule has 6 N–H and O–H groups in total. The average Bonchev–Trinajstić information content (AvgIpc) is 3.16. The van der Waals surface area contributed by atoms with Gasteiger partial charge in [0, 0.05) is 31.2 Å². The van der Waals surface area contributed by atoms with Crippen molar-refractivity contribution in [2.75, 3.05) is 36.9 Å². The Labute approximate surface area is 141 Å². The number of aromatic nitrogens is 2. The topological polar surface area (TPSA) is 118 Å². The summed E-state index contributed by atoms with van der Waals surface area (Å²) in [4.78, 5) is 8.67. The van der Waals surface area contributed by atoms with Crippen molar-refractivity contribution in [3.63, 3.8) is 0 Å². The summed E-state index contributed by atoms with van der Waals surface area (Å²) in [6.07, 6.45) is 6.87. The molecule has 0 spiro atoms. The highest BCUT2D eigenvalue weighted by atomic mass is 16.3. The van der Waals surface area contributed by atoms with E-state index in [4.69, 9.17) is 10.5 Å². The lowest BCUT2D eigenvalue weighted by Gasteiger charge is -2.15. The number of nitrogens with one attached hydrogen (secondary N) is 5. The summed E-state index contributed by atoms with van der Waals surface area (Å²) in [5.41, 5.74) is 0.530. The van der Waals surface area contributed by atoms with Gasteiger partial charge in [-0.05, 0) is 43.8 Å². The maximum atomic E-state index is 8.77. The lowest BCUT2D eigenvalue weighted by Crippen LogP contribution is -2.21. The van der Waals surface area contributed by atoms with Crippen LogP contribution in [0.3, 0.4) is 0 Å². The van der Waals surface area contributed by atoms with Gasteiger partial charge in [0.25, 0.3) is 0 Å². The molecule has 2 aliphatic rings. The van der Waals surface area contributed by atoms with E-state index in [1.54, 1.807) is 12.4 Å². The number of anilines is 2. The Hall–Kier alpha value is -2.19. The molecule has 8 heteroatoms. The zero-order chi connectivity index (χ0) is 16.8. The Morgan fingerprint density at radius 3 is 2.88 bits per heavy atom. The SMILES string of the molecule is N=C/C(=C\NCCO)Nc1nccc(N[C@H]2C[C@H]3CNC[C@H]3C2)n1. The maximum absolute atomic E-state index is 8.77. The summed E-state index contributed by atoms with van der Waals surface area (Å²) in [5, 5.41) is 29.0. The van der Waals surface area contributed by atoms with Crippen LogP contribution in [-0.2, 0) is 0 Å². The van der Waals surface area contributed by atoms with E-state index in [0.29, 0.717) is 24.2 Å². The molecule has 3 atom stereocenters. The summed E-state index contributed by atoms with van der Waals surface area (Å²) < 4.78 is 0. The third-order valence-corrected chi connectivity index (χ3v) is 4.59. The normalized spacial score (nSPS) is 26.0. The molecule has 1 aliphatic heterocycles. The van der Waals surface area contributed by atoms with Crippen LogP contribution in [0.1, 0.15) is 12.8 Å². The van der Waals surface area contributed by atoms with Gasteiger partial charge in [-0.25, -0.2) is 4.98 Å². The first kappa shape index (κ1) is 16.7. The molecule has 0 amide bonds. The minimum atomic E-state index is 0.0383. The lowest BCUT2D eigenvalue weighted by atomic mass is 10.0. The molecule has 2 heterocycles. The molecule has 0 unspecified atom stereocenters. The zero-order valence-electron chi connectivity index (χ0n) is 13.6. The quantitative estimate of drug-likeness (QED) is 0.301.